The zero-order valence-electron chi connectivity index (χ0n) is 29.6. The van der Waals surface area contributed by atoms with Crippen LogP contribution >= 0.6 is 22.7 Å². The summed E-state index contributed by atoms with van der Waals surface area (Å²) in [5.74, 6) is 0. The van der Waals surface area contributed by atoms with Gasteiger partial charge in [-0.3, -0.25) is 0 Å². The van der Waals surface area contributed by atoms with Gasteiger partial charge in [0, 0.05) is 67.5 Å². The Morgan fingerprint density at radius 2 is 1.02 bits per heavy atom. The molecule has 0 aliphatic rings. The number of nitriles is 1. The molecule has 0 saturated carbocycles. The molecule has 0 N–H and O–H groups in total. The Kier molecular flexibility index (Phi) is 6.48. The second-order valence-corrected chi connectivity index (χ2v) is 16.4. The summed E-state index contributed by atoms with van der Waals surface area (Å²) in [5.41, 5.74) is 9.00. The van der Waals surface area contributed by atoms with Crippen LogP contribution in [0.4, 0.5) is 5.69 Å². The Balaban J connectivity index is 1.28. The number of benzene rings is 8. The molecule has 258 valence electrons. The Bertz CT molecular complexity index is 3750. The van der Waals surface area contributed by atoms with Gasteiger partial charge >= 0.3 is 0 Å². The van der Waals surface area contributed by atoms with E-state index < -0.39 is 0 Å². The lowest BCUT2D eigenvalue weighted by atomic mass is 9.98. The lowest BCUT2D eigenvalue weighted by molar-refractivity contribution is 1.14. The van der Waals surface area contributed by atoms with Gasteiger partial charge in [0.1, 0.15) is 6.07 Å². The lowest BCUT2D eigenvalue weighted by Crippen LogP contribution is -2.04. The summed E-state index contributed by atoms with van der Waals surface area (Å²) in [6.45, 7) is 7.96. The molecule has 8 aromatic carbocycles. The average Bonchev–Trinajstić information content (AvgIpc) is 4.00. The van der Waals surface area contributed by atoms with Crippen LogP contribution in [0.25, 0.3) is 111 Å². The van der Waals surface area contributed by atoms with Gasteiger partial charge in [-0.05, 0) is 60.2 Å². The molecular weight excluding hydrogens is 721 g/mol. The van der Waals surface area contributed by atoms with Crippen LogP contribution in [0.3, 0.4) is 0 Å². The predicted molar refractivity (Wildman–Crippen MR) is 237 cm³/mol. The van der Waals surface area contributed by atoms with Crippen molar-refractivity contribution in [2.75, 3.05) is 0 Å². The van der Waals surface area contributed by atoms with Crippen molar-refractivity contribution in [2.24, 2.45) is 0 Å². The number of para-hydroxylation sites is 2. The van der Waals surface area contributed by atoms with E-state index in [1.807, 2.05) is 29.5 Å². The summed E-state index contributed by atoms with van der Waals surface area (Å²) in [6, 6.07) is 58.1. The van der Waals surface area contributed by atoms with Crippen LogP contribution in [0, 0.1) is 17.9 Å². The van der Waals surface area contributed by atoms with E-state index in [0.717, 1.165) is 66.1 Å². The van der Waals surface area contributed by atoms with E-state index in [1.165, 1.54) is 40.3 Å². The van der Waals surface area contributed by atoms with Crippen LogP contribution in [0.2, 0.25) is 0 Å². The number of aromatic nitrogens is 2. The molecule has 0 aliphatic heterocycles. The van der Waals surface area contributed by atoms with Gasteiger partial charge in [0.05, 0.1) is 45.6 Å². The highest BCUT2D eigenvalue weighted by atomic mass is 32.1. The summed E-state index contributed by atoms with van der Waals surface area (Å²) in [4.78, 5) is 3.85. The molecule has 0 spiro atoms. The number of nitrogens with zero attached hydrogens (tertiary/aromatic N) is 4. The first-order chi connectivity index (χ1) is 27.7. The average molecular weight is 747 g/mol. The predicted octanol–water partition coefficient (Wildman–Crippen LogP) is 14.7. The van der Waals surface area contributed by atoms with Gasteiger partial charge in [0.2, 0.25) is 0 Å². The van der Waals surface area contributed by atoms with Gasteiger partial charge in [0.25, 0.3) is 0 Å². The maximum absolute atomic E-state index is 11.3. The van der Waals surface area contributed by atoms with Crippen LogP contribution < -0.4 is 0 Å². The van der Waals surface area contributed by atoms with Crippen LogP contribution in [0.5, 0.6) is 0 Å². The Labute approximate surface area is 328 Å². The van der Waals surface area contributed by atoms with Crippen molar-refractivity contribution >= 4 is 112 Å². The van der Waals surface area contributed by atoms with Crippen LogP contribution in [-0.2, 0) is 0 Å². The van der Waals surface area contributed by atoms with Crippen LogP contribution in [0.15, 0.2) is 158 Å². The quantitative estimate of drug-likeness (QED) is 0.166. The standard InChI is InChI=1S/C50H26N4S2/c1-52-31-12-10-11-29(25-31)38-27-41(53-39-17-6-2-13-32(39)34-21-23-45-47(49(34)53)36-15-4-8-19-43(36)55-45)30(28-51)26-42(38)54-40-18-7-3-14-33(40)35-22-24-46-48(50(35)54)37-16-5-9-20-44(37)56-46/h2-27H. The van der Waals surface area contributed by atoms with E-state index in [-0.39, 0.29) is 0 Å². The second-order valence-electron chi connectivity index (χ2n) is 14.2. The molecule has 0 unspecified atom stereocenters. The van der Waals surface area contributed by atoms with Crippen molar-refractivity contribution in [1.29, 1.82) is 5.26 Å². The first-order valence-electron chi connectivity index (χ1n) is 18.4. The molecule has 0 atom stereocenters. The summed E-state index contributed by atoms with van der Waals surface area (Å²) < 4.78 is 9.58. The van der Waals surface area contributed by atoms with Crippen molar-refractivity contribution in [1.82, 2.24) is 9.13 Å². The minimum atomic E-state index is 0.566. The van der Waals surface area contributed by atoms with Gasteiger partial charge in [-0.25, -0.2) is 4.85 Å². The minimum absolute atomic E-state index is 0.566. The Morgan fingerprint density at radius 1 is 0.482 bits per heavy atom. The van der Waals surface area contributed by atoms with E-state index in [9.17, 15) is 5.26 Å². The van der Waals surface area contributed by atoms with Gasteiger partial charge in [-0.1, -0.05) is 103 Å². The summed E-state index contributed by atoms with van der Waals surface area (Å²) >= 11 is 3.61. The Hall–Kier alpha value is -7.22. The van der Waals surface area contributed by atoms with E-state index in [1.54, 1.807) is 11.3 Å². The van der Waals surface area contributed by atoms with Gasteiger partial charge < -0.3 is 9.13 Å². The number of hydrogen-bond donors (Lipinski definition) is 0. The van der Waals surface area contributed by atoms with Crippen molar-refractivity contribution in [2.45, 2.75) is 0 Å². The van der Waals surface area contributed by atoms with Crippen molar-refractivity contribution < 1.29 is 0 Å². The number of fused-ring (bicyclic) bond motifs is 14. The number of rotatable bonds is 3. The highest BCUT2D eigenvalue weighted by Crippen LogP contribution is 2.47. The topological polar surface area (TPSA) is 38.0 Å². The summed E-state index contributed by atoms with van der Waals surface area (Å²) in [7, 11) is 0. The van der Waals surface area contributed by atoms with E-state index in [0.29, 0.717) is 11.3 Å². The second kappa shape index (κ2) is 11.6. The third-order valence-electron chi connectivity index (χ3n) is 11.4. The highest BCUT2D eigenvalue weighted by Gasteiger charge is 2.25. The molecule has 4 nitrogen and oxygen atoms in total. The summed E-state index contributed by atoms with van der Waals surface area (Å²) in [5, 5.41) is 20.7. The Morgan fingerprint density at radius 3 is 1.59 bits per heavy atom. The monoisotopic (exact) mass is 746 g/mol. The zero-order chi connectivity index (χ0) is 37.1. The van der Waals surface area contributed by atoms with E-state index in [4.69, 9.17) is 6.57 Å². The lowest BCUT2D eigenvalue weighted by Gasteiger charge is -2.19. The molecule has 56 heavy (non-hydrogen) atoms. The minimum Gasteiger partial charge on any atom is -0.308 e. The zero-order valence-corrected chi connectivity index (χ0v) is 31.2. The number of thiophene rings is 2. The maximum Gasteiger partial charge on any atom is 0.187 e. The maximum atomic E-state index is 11.3. The molecule has 0 fully saturated rings. The van der Waals surface area contributed by atoms with Crippen LogP contribution in [-0.4, -0.2) is 9.13 Å². The highest BCUT2D eigenvalue weighted by molar-refractivity contribution is 7.26. The van der Waals surface area contributed by atoms with Crippen molar-refractivity contribution in [3.63, 3.8) is 0 Å². The largest absolute Gasteiger partial charge is 0.308 e. The fourth-order valence-electron chi connectivity index (χ4n) is 9.04. The van der Waals surface area contributed by atoms with Gasteiger partial charge in [-0.15, -0.1) is 22.7 Å². The third kappa shape index (κ3) is 4.20. The van der Waals surface area contributed by atoms with E-state index in [2.05, 4.69) is 160 Å². The fourth-order valence-corrected chi connectivity index (χ4v) is 11.3. The fraction of sp³-hybridized carbons (Fsp3) is 0. The van der Waals surface area contributed by atoms with E-state index >= 15 is 0 Å². The van der Waals surface area contributed by atoms with Crippen molar-refractivity contribution in [3.8, 4) is 28.6 Å². The molecule has 0 aliphatic carbocycles. The molecule has 12 rings (SSSR count). The van der Waals surface area contributed by atoms with Crippen LogP contribution in [0.1, 0.15) is 5.56 Å². The smallest absolute Gasteiger partial charge is 0.187 e. The molecule has 4 heterocycles. The first kappa shape index (κ1) is 31.2. The van der Waals surface area contributed by atoms with Crippen molar-refractivity contribution in [3.05, 3.63) is 175 Å². The molecule has 0 radical (unpaired) electrons. The molecule has 12 aromatic rings. The third-order valence-corrected chi connectivity index (χ3v) is 13.6. The molecule has 0 saturated heterocycles. The number of hydrogen-bond acceptors (Lipinski definition) is 3. The van der Waals surface area contributed by atoms with Gasteiger partial charge in [0.15, 0.2) is 5.69 Å². The first-order valence-corrected chi connectivity index (χ1v) is 20.1. The molecular formula is C50H26N4S2. The van der Waals surface area contributed by atoms with Gasteiger partial charge in [-0.2, -0.15) is 5.26 Å². The molecule has 4 aromatic heterocycles. The molecule has 0 bridgehead atoms. The molecule has 6 heteroatoms. The normalized spacial score (nSPS) is 11.9. The summed E-state index contributed by atoms with van der Waals surface area (Å²) in [6.07, 6.45) is 0. The molecule has 0 amide bonds. The SMILES string of the molecule is [C-]#[N+]c1cccc(-c2cc(-n3c4ccccc4c4ccc5sc6ccccc6c5c43)c(C#N)cc2-n2c3ccccc3c3ccc4sc5ccccc5c4c32)c1.